The molecule has 0 saturated carbocycles. The Hall–Kier alpha value is -3.04. The Morgan fingerprint density at radius 2 is 1.76 bits per heavy atom. The molecule has 2 aromatic carbocycles. The lowest BCUT2D eigenvalue weighted by atomic mass is 10.0. The van der Waals surface area contributed by atoms with Crippen LogP contribution in [0.3, 0.4) is 0 Å². The molecule has 0 spiro atoms. The zero-order valence-corrected chi connectivity index (χ0v) is 20.1. The maximum atomic E-state index is 12.8. The standard InChI is InChI=1S/C24H30N4O4S/c1-16(2)23(24-25-20-8-5-6-9-21(20)26-24)27-22(30)10-7-15-28(4)33(31,32)19-13-11-18(12-14-19)17(3)29/h5-6,8-9,11-14,16,23H,7,10,15H2,1-4H3,(H,25,26)(H,27,30). The summed E-state index contributed by atoms with van der Waals surface area (Å²) in [4.78, 5) is 32.0. The van der Waals surface area contributed by atoms with E-state index >= 15 is 0 Å². The van der Waals surface area contributed by atoms with Crippen LogP contribution in [-0.2, 0) is 14.8 Å². The number of nitrogens with one attached hydrogen (secondary N) is 2. The molecule has 3 aromatic rings. The van der Waals surface area contributed by atoms with Crippen molar-refractivity contribution in [2.24, 2.45) is 5.92 Å². The first-order valence-electron chi connectivity index (χ1n) is 10.9. The van der Waals surface area contributed by atoms with E-state index in [1.807, 2.05) is 38.1 Å². The van der Waals surface area contributed by atoms with E-state index in [1.54, 1.807) is 0 Å². The fourth-order valence-electron chi connectivity index (χ4n) is 3.54. The van der Waals surface area contributed by atoms with E-state index in [4.69, 9.17) is 0 Å². The number of rotatable bonds is 10. The molecule has 0 radical (unpaired) electrons. The molecule has 0 saturated heterocycles. The molecule has 0 aliphatic carbocycles. The number of aromatic amines is 1. The summed E-state index contributed by atoms with van der Waals surface area (Å²) in [6.07, 6.45) is 0.560. The third kappa shape index (κ3) is 5.85. The monoisotopic (exact) mass is 470 g/mol. The summed E-state index contributed by atoms with van der Waals surface area (Å²) in [5.41, 5.74) is 2.21. The predicted molar refractivity (Wildman–Crippen MR) is 127 cm³/mol. The van der Waals surface area contributed by atoms with Gasteiger partial charge in [0.1, 0.15) is 5.82 Å². The first-order valence-corrected chi connectivity index (χ1v) is 12.3. The van der Waals surface area contributed by atoms with Gasteiger partial charge in [-0.1, -0.05) is 38.1 Å². The molecule has 8 nitrogen and oxygen atoms in total. The quantitative estimate of drug-likeness (QED) is 0.439. The van der Waals surface area contributed by atoms with Crippen molar-refractivity contribution in [2.75, 3.05) is 13.6 Å². The Morgan fingerprint density at radius 1 is 1.09 bits per heavy atom. The summed E-state index contributed by atoms with van der Waals surface area (Å²) in [6.45, 7) is 5.64. The maximum absolute atomic E-state index is 12.8. The molecule has 1 aromatic heterocycles. The lowest BCUT2D eigenvalue weighted by Crippen LogP contribution is -2.33. The largest absolute Gasteiger partial charge is 0.346 e. The Bertz CT molecular complexity index is 1200. The van der Waals surface area contributed by atoms with Crippen molar-refractivity contribution >= 4 is 32.7 Å². The van der Waals surface area contributed by atoms with Gasteiger partial charge in [0.15, 0.2) is 5.78 Å². The normalized spacial score (nSPS) is 12.9. The molecule has 0 aliphatic heterocycles. The van der Waals surface area contributed by atoms with Crippen LogP contribution in [-0.4, -0.2) is 48.0 Å². The fourth-order valence-corrected chi connectivity index (χ4v) is 4.75. The number of amides is 1. The number of hydrogen-bond acceptors (Lipinski definition) is 5. The number of nitrogens with zero attached hydrogens (tertiary/aromatic N) is 2. The number of H-pyrrole nitrogens is 1. The fraction of sp³-hybridized carbons (Fsp3) is 0.375. The van der Waals surface area contributed by atoms with E-state index in [9.17, 15) is 18.0 Å². The number of ketones is 1. The topological polar surface area (TPSA) is 112 Å². The summed E-state index contributed by atoms with van der Waals surface area (Å²) in [5, 5.41) is 3.02. The molecule has 2 N–H and O–H groups in total. The Balaban J connectivity index is 1.57. The summed E-state index contributed by atoms with van der Waals surface area (Å²) in [7, 11) is -2.21. The third-order valence-corrected chi connectivity index (χ3v) is 7.40. The van der Waals surface area contributed by atoms with E-state index in [0.29, 0.717) is 17.8 Å². The van der Waals surface area contributed by atoms with Crippen molar-refractivity contribution in [3.63, 3.8) is 0 Å². The minimum atomic E-state index is -3.70. The summed E-state index contributed by atoms with van der Waals surface area (Å²) >= 11 is 0. The molecule has 3 rings (SSSR count). The van der Waals surface area contributed by atoms with E-state index in [0.717, 1.165) is 11.0 Å². The van der Waals surface area contributed by atoms with Crippen LogP contribution in [0, 0.1) is 5.92 Å². The van der Waals surface area contributed by atoms with Crippen LogP contribution in [0.2, 0.25) is 0 Å². The van der Waals surface area contributed by atoms with Crippen molar-refractivity contribution in [2.45, 2.75) is 44.6 Å². The van der Waals surface area contributed by atoms with Gasteiger partial charge in [0.05, 0.1) is 22.0 Å². The van der Waals surface area contributed by atoms with E-state index in [-0.39, 0.29) is 41.5 Å². The van der Waals surface area contributed by atoms with Crippen LogP contribution >= 0.6 is 0 Å². The maximum Gasteiger partial charge on any atom is 0.242 e. The van der Waals surface area contributed by atoms with Crippen molar-refractivity contribution in [1.29, 1.82) is 0 Å². The van der Waals surface area contributed by atoms with Crippen molar-refractivity contribution < 1.29 is 18.0 Å². The minimum absolute atomic E-state index is 0.115. The van der Waals surface area contributed by atoms with Crippen molar-refractivity contribution in [3.05, 3.63) is 59.9 Å². The van der Waals surface area contributed by atoms with Gasteiger partial charge in [-0.3, -0.25) is 9.59 Å². The average molecular weight is 471 g/mol. The van der Waals surface area contributed by atoms with E-state index in [1.165, 1.54) is 42.5 Å². The number of imidazole rings is 1. The summed E-state index contributed by atoms with van der Waals surface area (Å²) in [6, 6.07) is 13.3. The highest BCUT2D eigenvalue weighted by Gasteiger charge is 2.23. The van der Waals surface area contributed by atoms with Gasteiger partial charge in [0.25, 0.3) is 0 Å². The van der Waals surface area contributed by atoms with Crippen LogP contribution in [0.25, 0.3) is 11.0 Å². The molecule has 176 valence electrons. The zero-order chi connectivity index (χ0) is 24.2. The number of hydrogen-bond donors (Lipinski definition) is 2. The molecule has 0 fully saturated rings. The summed E-state index contributed by atoms with van der Waals surface area (Å²) in [5.74, 6) is 0.537. The Kier molecular flexibility index (Phi) is 7.65. The lowest BCUT2D eigenvalue weighted by Gasteiger charge is -2.21. The van der Waals surface area contributed by atoms with Crippen LogP contribution < -0.4 is 5.32 Å². The van der Waals surface area contributed by atoms with Gasteiger partial charge in [0.2, 0.25) is 15.9 Å². The number of carbonyl (C=O) groups excluding carboxylic acids is 2. The second-order valence-corrected chi connectivity index (χ2v) is 10.5. The van der Waals surface area contributed by atoms with E-state index in [2.05, 4.69) is 15.3 Å². The molecule has 1 amide bonds. The second-order valence-electron chi connectivity index (χ2n) is 8.44. The van der Waals surface area contributed by atoms with Crippen LogP contribution in [0.5, 0.6) is 0 Å². The van der Waals surface area contributed by atoms with Crippen LogP contribution in [0.1, 0.15) is 55.8 Å². The van der Waals surface area contributed by atoms with Crippen LogP contribution in [0.4, 0.5) is 0 Å². The zero-order valence-electron chi connectivity index (χ0n) is 19.3. The van der Waals surface area contributed by atoms with E-state index < -0.39 is 10.0 Å². The van der Waals surface area contributed by atoms with Gasteiger partial charge in [-0.15, -0.1) is 0 Å². The molecule has 1 atom stereocenters. The number of carbonyl (C=O) groups is 2. The van der Waals surface area contributed by atoms with Crippen molar-refractivity contribution in [1.82, 2.24) is 19.6 Å². The molecule has 0 bridgehead atoms. The molecular formula is C24H30N4O4S. The first kappa shape index (κ1) is 24.6. The highest BCUT2D eigenvalue weighted by atomic mass is 32.2. The van der Waals surface area contributed by atoms with Gasteiger partial charge >= 0.3 is 0 Å². The second kappa shape index (κ2) is 10.3. The molecule has 9 heteroatoms. The number of benzene rings is 2. The Morgan fingerprint density at radius 3 is 2.36 bits per heavy atom. The van der Waals surface area contributed by atoms with Crippen LogP contribution in [0.15, 0.2) is 53.4 Å². The molecule has 1 heterocycles. The third-order valence-electron chi connectivity index (χ3n) is 5.53. The highest BCUT2D eigenvalue weighted by Crippen LogP contribution is 2.22. The summed E-state index contributed by atoms with van der Waals surface area (Å²) < 4.78 is 26.7. The average Bonchev–Trinajstić information content (AvgIpc) is 3.21. The number of para-hydroxylation sites is 2. The van der Waals surface area contributed by atoms with Gasteiger partial charge in [0, 0.05) is 25.6 Å². The number of sulfonamides is 1. The minimum Gasteiger partial charge on any atom is -0.346 e. The number of Topliss-reactive ketones (excluding diaryl/α,β-unsaturated/α-hetero) is 1. The predicted octanol–water partition coefficient (Wildman–Crippen LogP) is 3.68. The molecule has 33 heavy (non-hydrogen) atoms. The molecular weight excluding hydrogens is 440 g/mol. The Labute approximate surface area is 194 Å². The van der Waals surface area contributed by atoms with Gasteiger partial charge in [-0.25, -0.2) is 17.7 Å². The number of fused-ring (bicyclic) bond motifs is 1. The van der Waals surface area contributed by atoms with Gasteiger partial charge in [-0.2, -0.15) is 0 Å². The SMILES string of the molecule is CC(=O)c1ccc(S(=O)(=O)N(C)CCCC(=O)NC(c2nc3ccccc3[nH]2)C(C)C)cc1. The smallest absolute Gasteiger partial charge is 0.242 e. The van der Waals surface area contributed by atoms with Gasteiger partial charge in [-0.05, 0) is 43.5 Å². The number of aromatic nitrogens is 2. The van der Waals surface area contributed by atoms with Crippen molar-refractivity contribution in [3.8, 4) is 0 Å². The lowest BCUT2D eigenvalue weighted by molar-refractivity contribution is -0.122. The first-order chi connectivity index (χ1) is 15.6. The molecule has 0 aliphatic rings. The highest BCUT2D eigenvalue weighted by molar-refractivity contribution is 7.89. The van der Waals surface area contributed by atoms with Gasteiger partial charge < -0.3 is 10.3 Å². The molecule has 1 unspecified atom stereocenters.